The van der Waals surface area contributed by atoms with E-state index in [1.165, 1.54) is 7.11 Å². The molecule has 0 bridgehead atoms. The van der Waals surface area contributed by atoms with Gasteiger partial charge in [0.2, 0.25) is 0 Å². The zero-order valence-electron chi connectivity index (χ0n) is 12.3. The molecule has 19 heavy (non-hydrogen) atoms. The Hall–Kier alpha value is -0.850. The monoisotopic (exact) mass is 275 g/mol. The van der Waals surface area contributed by atoms with E-state index in [4.69, 9.17) is 14.2 Å². The van der Waals surface area contributed by atoms with Crippen molar-refractivity contribution in [2.75, 3.05) is 7.11 Å². The van der Waals surface area contributed by atoms with Crippen LogP contribution in [0.1, 0.15) is 40.5 Å². The maximum atomic E-state index is 11.7. The lowest BCUT2D eigenvalue weighted by molar-refractivity contribution is -0.232. The van der Waals surface area contributed by atoms with E-state index in [0.717, 1.165) is 0 Å². The van der Waals surface area contributed by atoms with Crippen LogP contribution in [-0.4, -0.2) is 48.5 Å². The molecule has 1 fully saturated rings. The maximum absolute atomic E-state index is 11.7. The molecule has 0 saturated carbocycles. The van der Waals surface area contributed by atoms with Gasteiger partial charge in [0, 0.05) is 7.11 Å². The number of rotatable bonds is 3. The average Bonchev–Trinajstić information content (AvgIpc) is 2.26. The summed E-state index contributed by atoms with van der Waals surface area (Å²) in [6.07, 6.45) is -0.664. The number of carbonyl (C=O) groups is 1. The first-order valence-electron chi connectivity index (χ1n) is 6.59. The van der Waals surface area contributed by atoms with Crippen LogP contribution in [0.15, 0.2) is 0 Å². The van der Waals surface area contributed by atoms with Crippen molar-refractivity contribution in [3.63, 3.8) is 0 Å². The van der Waals surface area contributed by atoms with Crippen LogP contribution in [0, 0.1) is 0 Å². The Labute approximate surface area is 114 Å². The van der Waals surface area contributed by atoms with Crippen molar-refractivity contribution in [2.24, 2.45) is 0 Å². The van der Waals surface area contributed by atoms with Gasteiger partial charge in [-0.15, -0.1) is 0 Å². The van der Waals surface area contributed by atoms with Crippen molar-refractivity contribution in [2.45, 2.75) is 70.7 Å². The number of alkyl carbamates (subject to hydrolysis) is 1. The molecular formula is C13H25NO5. The Morgan fingerprint density at radius 1 is 1.42 bits per heavy atom. The van der Waals surface area contributed by atoms with Crippen LogP contribution in [0.25, 0.3) is 0 Å². The van der Waals surface area contributed by atoms with Crippen molar-refractivity contribution >= 4 is 6.09 Å². The molecule has 1 aliphatic heterocycles. The Kier molecular flexibility index (Phi) is 5.58. The van der Waals surface area contributed by atoms with Gasteiger partial charge in [0.05, 0.1) is 12.1 Å². The van der Waals surface area contributed by atoms with E-state index < -0.39 is 24.1 Å². The number of carbonyl (C=O) groups excluding carboxylic acids is 1. The highest BCUT2D eigenvalue weighted by Crippen LogP contribution is 2.22. The summed E-state index contributed by atoms with van der Waals surface area (Å²) < 4.78 is 15.8. The van der Waals surface area contributed by atoms with E-state index in [-0.39, 0.29) is 12.1 Å². The lowest BCUT2D eigenvalue weighted by atomic mass is 10.0. The molecule has 1 rings (SSSR count). The molecule has 0 spiro atoms. The molecule has 0 radical (unpaired) electrons. The number of aliphatic hydroxyl groups is 1. The molecule has 0 aromatic rings. The minimum absolute atomic E-state index is 0.194. The minimum atomic E-state index is -0.637. The first-order chi connectivity index (χ1) is 8.73. The summed E-state index contributed by atoms with van der Waals surface area (Å²) in [5.41, 5.74) is -0.525. The molecule has 0 unspecified atom stereocenters. The third-order valence-electron chi connectivity index (χ3n) is 2.90. The van der Waals surface area contributed by atoms with Crippen LogP contribution in [0.3, 0.4) is 0 Å². The van der Waals surface area contributed by atoms with Gasteiger partial charge in [0.15, 0.2) is 6.29 Å². The first-order valence-corrected chi connectivity index (χ1v) is 6.59. The molecule has 1 saturated heterocycles. The molecule has 112 valence electrons. The predicted octanol–water partition coefficient (Wildman–Crippen LogP) is 1.41. The van der Waals surface area contributed by atoms with Gasteiger partial charge in [0.25, 0.3) is 0 Å². The van der Waals surface area contributed by atoms with Crippen molar-refractivity contribution in [1.29, 1.82) is 0 Å². The van der Waals surface area contributed by atoms with E-state index in [2.05, 4.69) is 5.32 Å². The van der Waals surface area contributed by atoms with Gasteiger partial charge < -0.3 is 24.6 Å². The smallest absolute Gasteiger partial charge is 0.407 e. The Bertz CT molecular complexity index is 302. The summed E-state index contributed by atoms with van der Waals surface area (Å²) in [6.45, 7) is 7.28. The zero-order chi connectivity index (χ0) is 14.6. The Morgan fingerprint density at radius 2 is 2.05 bits per heavy atom. The van der Waals surface area contributed by atoms with E-state index in [9.17, 15) is 9.90 Å². The summed E-state index contributed by atoms with van der Waals surface area (Å²) in [6, 6.07) is -0.208. The van der Waals surface area contributed by atoms with Gasteiger partial charge in [-0.05, 0) is 40.5 Å². The topological polar surface area (TPSA) is 77.0 Å². The summed E-state index contributed by atoms with van der Waals surface area (Å²) >= 11 is 0. The van der Waals surface area contributed by atoms with Crippen molar-refractivity contribution in [3.05, 3.63) is 0 Å². The second-order valence-electron chi connectivity index (χ2n) is 5.86. The lowest BCUT2D eigenvalue weighted by Gasteiger charge is -2.36. The zero-order valence-corrected chi connectivity index (χ0v) is 12.3. The quantitative estimate of drug-likeness (QED) is 0.814. The van der Waals surface area contributed by atoms with Gasteiger partial charge in [-0.3, -0.25) is 0 Å². The van der Waals surface area contributed by atoms with Crippen molar-refractivity contribution < 1.29 is 24.1 Å². The first kappa shape index (κ1) is 16.2. The molecule has 0 aromatic heterocycles. The van der Waals surface area contributed by atoms with Crippen LogP contribution < -0.4 is 5.32 Å². The van der Waals surface area contributed by atoms with E-state index in [1.54, 1.807) is 0 Å². The highest BCUT2D eigenvalue weighted by molar-refractivity contribution is 5.68. The number of hydrogen-bond acceptors (Lipinski definition) is 5. The third-order valence-corrected chi connectivity index (χ3v) is 2.90. The summed E-state index contributed by atoms with van der Waals surface area (Å²) in [5, 5.41) is 12.4. The SMILES string of the molecule is CO[C@H]1O[C@H]([C@@H](C)NC(=O)OC(C)(C)C)CC[C@@H]1O. The number of amides is 1. The van der Waals surface area contributed by atoms with Crippen LogP contribution in [-0.2, 0) is 14.2 Å². The van der Waals surface area contributed by atoms with Gasteiger partial charge >= 0.3 is 6.09 Å². The van der Waals surface area contributed by atoms with Crippen LogP contribution in [0.5, 0.6) is 0 Å². The van der Waals surface area contributed by atoms with E-state index >= 15 is 0 Å². The molecule has 1 amide bonds. The number of hydrogen-bond donors (Lipinski definition) is 2. The number of aliphatic hydroxyl groups excluding tert-OH is 1. The highest BCUT2D eigenvalue weighted by atomic mass is 16.7. The summed E-state index contributed by atoms with van der Waals surface area (Å²) in [7, 11) is 1.49. The molecule has 1 aliphatic rings. The van der Waals surface area contributed by atoms with E-state index in [0.29, 0.717) is 12.8 Å². The van der Waals surface area contributed by atoms with Gasteiger partial charge in [-0.1, -0.05) is 0 Å². The van der Waals surface area contributed by atoms with Crippen LogP contribution in [0.2, 0.25) is 0 Å². The lowest BCUT2D eigenvalue weighted by Crippen LogP contribution is -2.50. The molecule has 0 aromatic carbocycles. The second-order valence-corrected chi connectivity index (χ2v) is 5.86. The fraction of sp³-hybridized carbons (Fsp3) is 0.923. The highest BCUT2D eigenvalue weighted by Gasteiger charge is 2.33. The summed E-state index contributed by atoms with van der Waals surface area (Å²) in [5.74, 6) is 0. The maximum Gasteiger partial charge on any atom is 0.407 e. The normalized spacial score (nSPS) is 29.7. The number of methoxy groups -OCH3 is 1. The number of nitrogens with one attached hydrogen (secondary N) is 1. The summed E-state index contributed by atoms with van der Waals surface area (Å²) in [4.78, 5) is 11.7. The molecule has 6 nitrogen and oxygen atoms in total. The molecule has 0 aliphatic carbocycles. The Balaban J connectivity index is 2.45. The Morgan fingerprint density at radius 3 is 2.58 bits per heavy atom. The third kappa shape index (κ3) is 5.34. The predicted molar refractivity (Wildman–Crippen MR) is 69.7 cm³/mol. The largest absolute Gasteiger partial charge is 0.444 e. The van der Waals surface area contributed by atoms with Crippen LogP contribution >= 0.6 is 0 Å². The van der Waals surface area contributed by atoms with Crippen molar-refractivity contribution in [1.82, 2.24) is 5.32 Å². The standard InChI is InChI=1S/C13H25NO5/c1-8(14-12(16)19-13(2,3)4)10-7-6-9(15)11(17-5)18-10/h8-11,15H,6-7H2,1-5H3,(H,14,16)/t8-,9+,10+,11+/m1/s1. The fourth-order valence-electron chi connectivity index (χ4n) is 1.97. The van der Waals surface area contributed by atoms with Gasteiger partial charge in [-0.25, -0.2) is 4.79 Å². The molecule has 6 heteroatoms. The molecule has 2 N–H and O–H groups in total. The molecular weight excluding hydrogens is 250 g/mol. The average molecular weight is 275 g/mol. The van der Waals surface area contributed by atoms with Gasteiger partial charge in [-0.2, -0.15) is 0 Å². The number of ether oxygens (including phenoxy) is 3. The van der Waals surface area contributed by atoms with Crippen LogP contribution in [0.4, 0.5) is 4.79 Å². The van der Waals surface area contributed by atoms with Gasteiger partial charge in [0.1, 0.15) is 11.7 Å². The minimum Gasteiger partial charge on any atom is -0.444 e. The van der Waals surface area contributed by atoms with E-state index in [1.807, 2.05) is 27.7 Å². The van der Waals surface area contributed by atoms with Crippen molar-refractivity contribution in [3.8, 4) is 0 Å². The molecule has 1 heterocycles. The molecule has 4 atom stereocenters. The second kappa shape index (κ2) is 6.54. The fourth-order valence-corrected chi connectivity index (χ4v) is 1.97.